The number of hydrogen-bond acceptors (Lipinski definition) is 4. The van der Waals surface area contributed by atoms with Gasteiger partial charge in [0.1, 0.15) is 6.04 Å². The van der Waals surface area contributed by atoms with Gasteiger partial charge < -0.3 is 10.5 Å². The second-order valence-corrected chi connectivity index (χ2v) is 5.53. The molecule has 0 aromatic heterocycles. The molecular weight excluding hydrogens is 216 g/mol. The van der Waals surface area contributed by atoms with Gasteiger partial charge in [-0.1, -0.05) is 20.8 Å². The fourth-order valence-electron chi connectivity index (χ4n) is 2.49. The Morgan fingerprint density at radius 1 is 1.53 bits per heavy atom. The Morgan fingerprint density at radius 3 is 2.65 bits per heavy atom. The highest BCUT2D eigenvalue weighted by molar-refractivity contribution is 5.75. The fourth-order valence-corrected chi connectivity index (χ4v) is 2.49. The predicted molar refractivity (Wildman–Crippen MR) is 68.7 cm³/mol. The van der Waals surface area contributed by atoms with E-state index in [4.69, 9.17) is 10.5 Å². The average Bonchev–Trinajstić information content (AvgIpc) is 2.24. The summed E-state index contributed by atoms with van der Waals surface area (Å²) in [5.74, 6) is -0.0960. The van der Waals surface area contributed by atoms with E-state index in [1.165, 1.54) is 0 Å². The number of ether oxygens (including phenoxy) is 1. The van der Waals surface area contributed by atoms with Crippen molar-refractivity contribution < 1.29 is 9.53 Å². The van der Waals surface area contributed by atoms with Crippen LogP contribution in [0.3, 0.4) is 0 Å². The van der Waals surface area contributed by atoms with Crippen molar-refractivity contribution in [3.8, 4) is 0 Å². The maximum absolute atomic E-state index is 11.9. The first-order valence-electron chi connectivity index (χ1n) is 6.58. The summed E-state index contributed by atoms with van der Waals surface area (Å²) in [6.07, 6.45) is 1.74. The normalized spacial score (nSPS) is 26.5. The predicted octanol–water partition coefficient (Wildman–Crippen LogP) is 1.39. The molecule has 0 bridgehead atoms. The molecule has 0 radical (unpaired) electrons. The first-order chi connectivity index (χ1) is 7.92. The monoisotopic (exact) mass is 242 g/mol. The standard InChI is InChI=1S/C13H26N2O2/c1-5-10(12(16)17-6-2)15-8-7-11(14)13(3,4)9-15/h10-11H,5-9,14H2,1-4H3. The van der Waals surface area contributed by atoms with Crippen LogP contribution in [-0.2, 0) is 9.53 Å². The molecule has 1 aliphatic rings. The summed E-state index contributed by atoms with van der Waals surface area (Å²) in [5.41, 5.74) is 6.18. The highest BCUT2D eigenvalue weighted by Crippen LogP contribution is 2.29. The van der Waals surface area contributed by atoms with Crippen molar-refractivity contribution in [2.75, 3.05) is 19.7 Å². The van der Waals surface area contributed by atoms with Crippen molar-refractivity contribution in [1.29, 1.82) is 0 Å². The number of likely N-dealkylation sites (tertiary alicyclic amines) is 1. The number of rotatable bonds is 4. The van der Waals surface area contributed by atoms with E-state index in [0.29, 0.717) is 6.61 Å². The number of carbonyl (C=O) groups is 1. The van der Waals surface area contributed by atoms with Crippen molar-refractivity contribution in [1.82, 2.24) is 4.90 Å². The highest BCUT2D eigenvalue weighted by Gasteiger charge is 2.37. The maximum atomic E-state index is 11.9. The van der Waals surface area contributed by atoms with Crippen LogP contribution < -0.4 is 5.73 Å². The topological polar surface area (TPSA) is 55.6 Å². The molecule has 1 heterocycles. The minimum Gasteiger partial charge on any atom is -0.465 e. The molecule has 0 aromatic rings. The number of esters is 1. The number of nitrogens with zero attached hydrogens (tertiary/aromatic N) is 1. The summed E-state index contributed by atoms with van der Waals surface area (Å²) in [6.45, 7) is 10.4. The molecule has 0 spiro atoms. The lowest BCUT2D eigenvalue weighted by Crippen LogP contribution is -2.56. The minimum atomic E-state index is -0.110. The van der Waals surface area contributed by atoms with Gasteiger partial charge in [-0.25, -0.2) is 0 Å². The summed E-state index contributed by atoms with van der Waals surface area (Å²) in [7, 11) is 0. The third-order valence-corrected chi connectivity index (χ3v) is 3.73. The molecule has 2 unspecified atom stereocenters. The molecule has 1 fully saturated rings. The van der Waals surface area contributed by atoms with E-state index in [-0.39, 0.29) is 23.5 Å². The number of nitrogens with two attached hydrogens (primary N) is 1. The molecule has 1 saturated heterocycles. The van der Waals surface area contributed by atoms with Gasteiger partial charge in [0.25, 0.3) is 0 Å². The largest absolute Gasteiger partial charge is 0.465 e. The molecule has 2 atom stereocenters. The van der Waals surface area contributed by atoms with Crippen LogP contribution >= 0.6 is 0 Å². The van der Waals surface area contributed by atoms with E-state index in [2.05, 4.69) is 18.7 Å². The van der Waals surface area contributed by atoms with E-state index in [1.54, 1.807) is 0 Å². The molecule has 1 rings (SSSR count). The lowest BCUT2D eigenvalue weighted by Gasteiger charge is -2.44. The van der Waals surface area contributed by atoms with Gasteiger partial charge >= 0.3 is 5.97 Å². The SMILES string of the molecule is CCOC(=O)C(CC)N1CCC(N)C(C)(C)C1. The van der Waals surface area contributed by atoms with E-state index in [0.717, 1.165) is 25.9 Å². The Balaban J connectivity index is 2.68. The van der Waals surface area contributed by atoms with Crippen molar-refractivity contribution in [3.63, 3.8) is 0 Å². The minimum absolute atomic E-state index is 0.0676. The number of piperidine rings is 1. The summed E-state index contributed by atoms with van der Waals surface area (Å²) in [6, 6.07) is 0.111. The van der Waals surface area contributed by atoms with E-state index in [9.17, 15) is 4.79 Å². The van der Waals surface area contributed by atoms with E-state index < -0.39 is 0 Å². The molecule has 4 heteroatoms. The molecule has 1 aliphatic heterocycles. The lowest BCUT2D eigenvalue weighted by atomic mass is 9.79. The van der Waals surface area contributed by atoms with Crippen LogP contribution in [0.2, 0.25) is 0 Å². The molecule has 0 saturated carbocycles. The Labute approximate surface area is 104 Å². The first kappa shape index (κ1) is 14.5. The van der Waals surface area contributed by atoms with Crippen molar-refractivity contribution in [2.45, 2.75) is 52.6 Å². The van der Waals surface area contributed by atoms with Gasteiger partial charge in [-0.15, -0.1) is 0 Å². The summed E-state index contributed by atoms with van der Waals surface area (Å²) < 4.78 is 5.13. The average molecular weight is 242 g/mol. The molecule has 2 N–H and O–H groups in total. The third kappa shape index (κ3) is 3.42. The van der Waals surface area contributed by atoms with Gasteiger partial charge in [-0.3, -0.25) is 9.69 Å². The third-order valence-electron chi connectivity index (χ3n) is 3.73. The van der Waals surface area contributed by atoms with Crippen LogP contribution in [0.4, 0.5) is 0 Å². The van der Waals surface area contributed by atoms with Crippen molar-refractivity contribution in [3.05, 3.63) is 0 Å². The van der Waals surface area contributed by atoms with Gasteiger partial charge in [0.15, 0.2) is 0 Å². The summed E-state index contributed by atoms with van der Waals surface area (Å²) in [5, 5.41) is 0. The molecule has 0 aromatic carbocycles. The second-order valence-electron chi connectivity index (χ2n) is 5.53. The van der Waals surface area contributed by atoms with Crippen LogP contribution in [0, 0.1) is 5.41 Å². The lowest BCUT2D eigenvalue weighted by molar-refractivity contribution is -0.151. The van der Waals surface area contributed by atoms with Gasteiger partial charge in [0, 0.05) is 19.1 Å². The molecule has 100 valence electrons. The van der Waals surface area contributed by atoms with E-state index >= 15 is 0 Å². The van der Waals surface area contributed by atoms with Crippen molar-refractivity contribution >= 4 is 5.97 Å². The fraction of sp³-hybridized carbons (Fsp3) is 0.923. The van der Waals surface area contributed by atoms with Crippen LogP contribution in [0.1, 0.15) is 40.5 Å². The zero-order valence-electron chi connectivity index (χ0n) is 11.5. The van der Waals surface area contributed by atoms with Gasteiger partial charge in [0.05, 0.1) is 6.61 Å². The van der Waals surface area contributed by atoms with Crippen LogP contribution in [0.25, 0.3) is 0 Å². The summed E-state index contributed by atoms with van der Waals surface area (Å²) in [4.78, 5) is 14.1. The van der Waals surface area contributed by atoms with Crippen LogP contribution in [0.15, 0.2) is 0 Å². The number of carbonyl (C=O) groups excluding carboxylic acids is 1. The van der Waals surface area contributed by atoms with Crippen molar-refractivity contribution in [2.24, 2.45) is 11.1 Å². The second kappa shape index (κ2) is 5.83. The zero-order chi connectivity index (χ0) is 13.1. The van der Waals surface area contributed by atoms with Gasteiger partial charge in [-0.05, 0) is 25.2 Å². The summed E-state index contributed by atoms with van der Waals surface area (Å²) >= 11 is 0. The first-order valence-corrected chi connectivity index (χ1v) is 6.58. The van der Waals surface area contributed by atoms with Gasteiger partial charge in [0.2, 0.25) is 0 Å². The van der Waals surface area contributed by atoms with Crippen LogP contribution in [-0.4, -0.2) is 42.6 Å². The Morgan fingerprint density at radius 2 is 2.18 bits per heavy atom. The molecule has 0 amide bonds. The van der Waals surface area contributed by atoms with Crippen LogP contribution in [0.5, 0.6) is 0 Å². The maximum Gasteiger partial charge on any atom is 0.323 e. The Hall–Kier alpha value is -0.610. The molecule has 4 nitrogen and oxygen atoms in total. The quantitative estimate of drug-likeness (QED) is 0.757. The number of hydrogen-bond donors (Lipinski definition) is 1. The highest BCUT2D eigenvalue weighted by atomic mass is 16.5. The van der Waals surface area contributed by atoms with Gasteiger partial charge in [-0.2, -0.15) is 0 Å². The molecule has 17 heavy (non-hydrogen) atoms. The smallest absolute Gasteiger partial charge is 0.323 e. The molecule has 0 aliphatic carbocycles. The molecular formula is C13H26N2O2. The Kier molecular flexibility index (Phi) is 4.95. The van der Waals surface area contributed by atoms with E-state index in [1.807, 2.05) is 13.8 Å². The zero-order valence-corrected chi connectivity index (χ0v) is 11.5. The Bertz CT molecular complexity index is 266.